The van der Waals surface area contributed by atoms with Gasteiger partial charge in [0.15, 0.2) is 5.82 Å². The van der Waals surface area contributed by atoms with Gasteiger partial charge in [-0.05, 0) is 25.0 Å². The number of imidazole rings is 1. The summed E-state index contributed by atoms with van der Waals surface area (Å²) in [5.41, 5.74) is 1.37. The van der Waals surface area contributed by atoms with Gasteiger partial charge in [0.05, 0.1) is 5.56 Å². The number of H-pyrrole nitrogens is 1. The number of nitrogens with one attached hydrogen (secondary N) is 1. The fraction of sp³-hybridized carbons (Fsp3) is 0.294. The maximum absolute atomic E-state index is 12.1. The number of aryl methyl sites for hydroxylation is 1. The van der Waals surface area contributed by atoms with Gasteiger partial charge in [0.1, 0.15) is 18.3 Å². The van der Waals surface area contributed by atoms with E-state index in [2.05, 4.69) is 20.2 Å². The summed E-state index contributed by atoms with van der Waals surface area (Å²) in [6.07, 6.45) is 5.83. The van der Waals surface area contributed by atoms with E-state index in [1.54, 1.807) is 18.3 Å². The minimum Gasteiger partial charge on any atom is -0.454 e. The molecule has 1 aliphatic rings. The lowest BCUT2D eigenvalue weighted by molar-refractivity contribution is 0.0459. The maximum atomic E-state index is 12.1. The Hall–Kier alpha value is -2.96. The van der Waals surface area contributed by atoms with Gasteiger partial charge in [-0.3, -0.25) is 5.10 Å². The molecule has 1 saturated carbocycles. The van der Waals surface area contributed by atoms with Crippen LogP contribution in [0.15, 0.2) is 36.7 Å². The van der Waals surface area contributed by atoms with Crippen LogP contribution in [-0.4, -0.2) is 30.7 Å². The van der Waals surface area contributed by atoms with Crippen LogP contribution in [0.3, 0.4) is 0 Å². The summed E-state index contributed by atoms with van der Waals surface area (Å²) in [6.45, 7) is 0.149. The highest BCUT2D eigenvalue weighted by Crippen LogP contribution is 2.38. The van der Waals surface area contributed by atoms with E-state index in [-0.39, 0.29) is 12.6 Å². The van der Waals surface area contributed by atoms with Crippen molar-refractivity contribution in [3.63, 3.8) is 0 Å². The number of carbonyl (C=O) groups is 1. The number of benzene rings is 1. The molecule has 24 heavy (non-hydrogen) atoms. The number of ether oxygens (including phenoxy) is 1. The van der Waals surface area contributed by atoms with Crippen LogP contribution >= 0.6 is 0 Å². The van der Waals surface area contributed by atoms with Crippen LogP contribution in [0.4, 0.5) is 0 Å². The van der Waals surface area contributed by atoms with Gasteiger partial charge in [-0.2, -0.15) is 5.10 Å². The summed E-state index contributed by atoms with van der Waals surface area (Å²) in [7, 11) is 1.86. The molecule has 1 aliphatic carbocycles. The molecule has 0 bridgehead atoms. The highest BCUT2D eigenvalue weighted by Gasteiger charge is 2.27. The second-order valence-electron chi connectivity index (χ2n) is 5.93. The van der Waals surface area contributed by atoms with Crippen molar-refractivity contribution in [2.24, 2.45) is 7.05 Å². The Morgan fingerprint density at radius 1 is 1.33 bits per heavy atom. The minimum absolute atomic E-state index is 0.149. The quantitative estimate of drug-likeness (QED) is 0.729. The molecule has 0 aliphatic heterocycles. The van der Waals surface area contributed by atoms with Crippen LogP contribution in [0.25, 0.3) is 11.4 Å². The number of hydrogen-bond donors (Lipinski definition) is 1. The molecule has 0 saturated heterocycles. The Morgan fingerprint density at radius 2 is 2.12 bits per heavy atom. The molecule has 3 aromatic rings. The average Bonchev–Trinajstić information content (AvgIpc) is 3.19. The molecule has 4 rings (SSSR count). The van der Waals surface area contributed by atoms with Crippen LogP contribution < -0.4 is 0 Å². The summed E-state index contributed by atoms with van der Waals surface area (Å²) in [5, 5.41) is 7.22. The van der Waals surface area contributed by atoms with Gasteiger partial charge in [0.2, 0.25) is 0 Å². The lowest BCUT2D eigenvalue weighted by Crippen LogP contribution is -2.08. The zero-order chi connectivity index (χ0) is 16.5. The molecule has 1 aromatic carbocycles. The van der Waals surface area contributed by atoms with Gasteiger partial charge in [-0.15, -0.1) is 0 Å². The number of rotatable bonds is 5. The first-order chi connectivity index (χ1) is 11.7. The first kappa shape index (κ1) is 14.6. The van der Waals surface area contributed by atoms with Crippen LogP contribution in [0.1, 0.15) is 40.8 Å². The SMILES string of the molecule is Cn1ccnc1COC(=O)c1ccc(-c2n[nH]c(C3CC3)n2)cc1. The Bertz CT molecular complexity index is 861. The highest BCUT2D eigenvalue weighted by atomic mass is 16.5. The fourth-order valence-corrected chi connectivity index (χ4v) is 2.45. The Balaban J connectivity index is 1.42. The first-order valence-electron chi connectivity index (χ1n) is 7.87. The zero-order valence-electron chi connectivity index (χ0n) is 13.3. The summed E-state index contributed by atoms with van der Waals surface area (Å²) >= 11 is 0. The van der Waals surface area contributed by atoms with Gasteiger partial charge in [0.25, 0.3) is 0 Å². The van der Waals surface area contributed by atoms with Crippen molar-refractivity contribution >= 4 is 5.97 Å². The Morgan fingerprint density at radius 3 is 2.79 bits per heavy atom. The molecule has 0 radical (unpaired) electrons. The summed E-state index contributed by atoms with van der Waals surface area (Å²) in [4.78, 5) is 20.7. The van der Waals surface area contributed by atoms with Crippen molar-refractivity contribution in [2.75, 3.05) is 0 Å². The molecule has 0 spiro atoms. The van der Waals surface area contributed by atoms with E-state index in [9.17, 15) is 4.79 Å². The molecule has 1 N–H and O–H groups in total. The monoisotopic (exact) mass is 323 g/mol. The molecule has 2 aromatic heterocycles. The molecule has 0 atom stereocenters. The molecule has 7 nitrogen and oxygen atoms in total. The second kappa shape index (κ2) is 5.92. The molecular weight excluding hydrogens is 306 g/mol. The van der Waals surface area contributed by atoms with E-state index in [0.29, 0.717) is 23.1 Å². The number of aromatic nitrogens is 5. The maximum Gasteiger partial charge on any atom is 0.338 e. The summed E-state index contributed by atoms with van der Waals surface area (Å²) < 4.78 is 7.10. The standard InChI is InChI=1S/C17H17N5O2/c1-22-9-8-18-14(22)10-24-17(23)13-6-4-12(5-7-13)16-19-15(20-21-16)11-2-3-11/h4-9,11H,2-3,10H2,1H3,(H,19,20,21). The van der Waals surface area contributed by atoms with Gasteiger partial charge in [-0.1, -0.05) is 12.1 Å². The Labute approximate surface area is 138 Å². The molecule has 7 heteroatoms. The number of hydrogen-bond acceptors (Lipinski definition) is 5. The number of nitrogens with zero attached hydrogens (tertiary/aromatic N) is 4. The van der Waals surface area contributed by atoms with Crippen molar-refractivity contribution in [3.05, 3.63) is 53.9 Å². The largest absolute Gasteiger partial charge is 0.454 e. The van der Waals surface area contributed by atoms with Crippen LogP contribution in [0.5, 0.6) is 0 Å². The van der Waals surface area contributed by atoms with Gasteiger partial charge in [-0.25, -0.2) is 14.8 Å². The van der Waals surface area contributed by atoms with Crippen molar-refractivity contribution in [1.29, 1.82) is 0 Å². The van der Waals surface area contributed by atoms with Crippen molar-refractivity contribution in [1.82, 2.24) is 24.7 Å². The summed E-state index contributed by atoms with van der Waals surface area (Å²) in [5.74, 6) is 2.46. The van der Waals surface area contributed by atoms with Gasteiger partial charge in [0, 0.05) is 30.9 Å². The highest BCUT2D eigenvalue weighted by molar-refractivity contribution is 5.89. The molecule has 1 fully saturated rings. The topological polar surface area (TPSA) is 85.7 Å². The third-order valence-electron chi connectivity index (χ3n) is 4.10. The van der Waals surface area contributed by atoms with Crippen molar-refractivity contribution in [3.8, 4) is 11.4 Å². The fourth-order valence-electron chi connectivity index (χ4n) is 2.45. The average molecular weight is 323 g/mol. The third-order valence-corrected chi connectivity index (χ3v) is 4.10. The number of esters is 1. The predicted molar refractivity (Wildman–Crippen MR) is 86.1 cm³/mol. The zero-order valence-corrected chi connectivity index (χ0v) is 13.3. The van der Waals surface area contributed by atoms with Crippen LogP contribution in [-0.2, 0) is 18.4 Å². The molecule has 122 valence electrons. The molecule has 0 unspecified atom stereocenters. The predicted octanol–water partition coefficient (Wildman–Crippen LogP) is 2.44. The third kappa shape index (κ3) is 2.92. The van der Waals surface area contributed by atoms with E-state index in [0.717, 1.165) is 11.4 Å². The van der Waals surface area contributed by atoms with E-state index in [1.165, 1.54) is 12.8 Å². The van der Waals surface area contributed by atoms with Crippen molar-refractivity contribution < 1.29 is 9.53 Å². The molecule has 0 amide bonds. The van der Waals surface area contributed by atoms with Gasteiger partial charge < -0.3 is 9.30 Å². The lowest BCUT2D eigenvalue weighted by Gasteiger charge is -2.05. The van der Waals surface area contributed by atoms with E-state index in [4.69, 9.17) is 4.74 Å². The molecule has 2 heterocycles. The Kier molecular flexibility index (Phi) is 3.60. The van der Waals surface area contributed by atoms with E-state index >= 15 is 0 Å². The van der Waals surface area contributed by atoms with Crippen molar-refractivity contribution in [2.45, 2.75) is 25.4 Å². The lowest BCUT2D eigenvalue weighted by atomic mass is 10.1. The number of carbonyl (C=O) groups excluding carboxylic acids is 1. The van der Waals surface area contributed by atoms with E-state index in [1.807, 2.05) is 29.9 Å². The smallest absolute Gasteiger partial charge is 0.338 e. The first-order valence-corrected chi connectivity index (χ1v) is 7.87. The van der Waals surface area contributed by atoms with Gasteiger partial charge >= 0.3 is 5.97 Å². The minimum atomic E-state index is -0.377. The van der Waals surface area contributed by atoms with Crippen LogP contribution in [0.2, 0.25) is 0 Å². The van der Waals surface area contributed by atoms with E-state index < -0.39 is 0 Å². The normalized spacial score (nSPS) is 13.9. The van der Waals surface area contributed by atoms with Crippen LogP contribution in [0, 0.1) is 0 Å². The second-order valence-corrected chi connectivity index (χ2v) is 5.93. The number of aromatic amines is 1. The molecular formula is C17H17N5O2. The summed E-state index contributed by atoms with van der Waals surface area (Å²) in [6, 6.07) is 7.11.